The van der Waals surface area contributed by atoms with E-state index in [9.17, 15) is 23.6 Å². The lowest BCUT2D eigenvalue weighted by Gasteiger charge is -2.28. The molecule has 8 aliphatic heterocycles. The van der Waals surface area contributed by atoms with Gasteiger partial charge in [-0.15, -0.1) is 0 Å². The zero-order valence-electron chi connectivity index (χ0n) is 77.9. The molecular formula is C110H122F4N16O4. The van der Waals surface area contributed by atoms with Gasteiger partial charge >= 0.3 is 0 Å². The number of para-hydroxylation sites is 4. The summed E-state index contributed by atoms with van der Waals surface area (Å²) in [6, 6.07) is 53.4. The first-order valence-corrected chi connectivity index (χ1v) is 48.7. The van der Waals surface area contributed by atoms with Crippen LogP contribution in [0, 0.1) is 41.0 Å². The average molecular weight is 1810 g/mol. The summed E-state index contributed by atoms with van der Waals surface area (Å²) in [4.78, 5) is 72.4. The molecule has 4 amide bonds. The molecule has 3 aliphatic carbocycles. The largest absolute Gasteiger partial charge is 0.307 e. The first-order chi connectivity index (χ1) is 65.1. The number of anilines is 4. The van der Waals surface area contributed by atoms with Crippen LogP contribution in [0.4, 0.5) is 40.3 Å². The van der Waals surface area contributed by atoms with Gasteiger partial charge in [0.15, 0.2) is 0 Å². The SMILES string of the molecule is CN1CCC2(C1)C(=O)N(Cc1ccc(-c3cnn(C)c3)cc1F)c1ccccc12.Cn1cc(-c2ccc(CN3C(=O)C4(CCN(CC5CCCCC5)C4)c4ccccc43)c(F)c2)cn1.Cn1cc(-c2ccc(CN3C(=O)C4(CCN(CC5CCCCC5)C4)c4ccccc43)c(F)c2)cn1.Cn1cc(-c2ccc(CN3C(=O)C4(CCN(CC5CCCCC5)C4)c4ccccc43)c(F)c2)cn1. The molecule has 11 aliphatic rings. The van der Waals surface area contributed by atoms with Crippen LogP contribution in [0.25, 0.3) is 44.5 Å². The van der Waals surface area contributed by atoms with Crippen LogP contribution >= 0.6 is 0 Å². The second-order valence-corrected chi connectivity index (χ2v) is 40.3. The molecule has 20 nitrogen and oxygen atoms in total. The molecule has 4 spiro atoms. The Hall–Kier alpha value is -12.0. The molecule has 4 atom stereocenters. The van der Waals surface area contributed by atoms with Gasteiger partial charge in [-0.05, 0) is 208 Å². The molecule has 12 aromatic rings. The number of nitrogens with zero attached hydrogens (tertiary/aromatic N) is 16. The Morgan fingerprint density at radius 1 is 0.291 bits per heavy atom. The quantitative estimate of drug-likeness (QED) is 0.0748. The van der Waals surface area contributed by atoms with E-state index >= 15 is 13.2 Å². The molecule has 0 bridgehead atoms. The summed E-state index contributed by atoms with van der Waals surface area (Å²) in [6.07, 6.45) is 37.7. The Kier molecular flexibility index (Phi) is 25.3. The Morgan fingerprint density at radius 3 is 0.754 bits per heavy atom. The van der Waals surface area contributed by atoms with Crippen LogP contribution in [0.3, 0.4) is 0 Å². The highest BCUT2D eigenvalue weighted by atomic mass is 19.1. The van der Waals surface area contributed by atoms with Crippen LogP contribution in [-0.2, 0) is 95.2 Å². The molecule has 4 unspecified atom stereocenters. The second-order valence-electron chi connectivity index (χ2n) is 40.3. The summed E-state index contributed by atoms with van der Waals surface area (Å²) in [5, 5.41) is 16.7. The molecule has 134 heavy (non-hydrogen) atoms. The van der Waals surface area contributed by atoms with Gasteiger partial charge in [-0.3, -0.25) is 37.9 Å². The zero-order valence-corrected chi connectivity index (χ0v) is 77.9. The number of carbonyl (C=O) groups is 4. The first-order valence-electron chi connectivity index (χ1n) is 48.7. The summed E-state index contributed by atoms with van der Waals surface area (Å²) in [7, 11) is 9.42. The van der Waals surface area contributed by atoms with Crippen molar-refractivity contribution >= 4 is 46.4 Å². The third-order valence-corrected chi connectivity index (χ3v) is 31.4. The minimum atomic E-state index is -0.503. The van der Waals surface area contributed by atoms with Gasteiger partial charge in [0.25, 0.3) is 0 Å². The highest BCUT2D eigenvalue weighted by Crippen LogP contribution is 2.54. The van der Waals surface area contributed by atoms with Crippen molar-refractivity contribution in [2.45, 2.75) is 170 Å². The fourth-order valence-corrected chi connectivity index (χ4v) is 24.3. The number of likely N-dealkylation sites (N-methyl/N-ethyl adjacent to an activating group) is 1. The van der Waals surface area contributed by atoms with Crippen molar-refractivity contribution in [2.75, 3.05) is 98.6 Å². The zero-order chi connectivity index (χ0) is 92.2. The average Bonchev–Trinajstić information content (AvgIpc) is 1.58. The molecule has 4 aromatic heterocycles. The summed E-state index contributed by atoms with van der Waals surface area (Å²) >= 11 is 0. The van der Waals surface area contributed by atoms with E-state index in [-0.39, 0.29) is 73.1 Å². The van der Waals surface area contributed by atoms with Crippen molar-refractivity contribution in [3.63, 3.8) is 0 Å². The van der Waals surface area contributed by atoms with E-state index in [2.05, 4.69) is 58.2 Å². The minimum Gasteiger partial charge on any atom is -0.307 e. The topological polar surface area (TPSA) is 165 Å². The minimum absolute atomic E-state index is 0.0822. The number of likely N-dealkylation sites (tertiary alicyclic amines) is 4. The Balaban J connectivity index is 0.000000111. The monoisotopic (exact) mass is 1810 g/mol. The Bertz CT molecular complexity index is 5900. The molecule has 4 saturated heterocycles. The number of fused-ring (bicyclic) bond motifs is 8. The molecule has 0 radical (unpaired) electrons. The summed E-state index contributed by atoms with van der Waals surface area (Å²) in [5.74, 6) is 1.56. The third-order valence-electron chi connectivity index (χ3n) is 31.4. The van der Waals surface area contributed by atoms with Crippen LogP contribution in [0.2, 0.25) is 0 Å². The first kappa shape index (κ1) is 89.9. The van der Waals surface area contributed by atoms with E-state index in [1.807, 2.05) is 196 Å². The summed E-state index contributed by atoms with van der Waals surface area (Å²) in [5.41, 5.74) is 14.9. The number of hydrogen-bond donors (Lipinski definition) is 0. The lowest BCUT2D eigenvalue weighted by atomic mass is 9.81. The number of halogens is 4. The number of hydrogen-bond acceptors (Lipinski definition) is 12. The maximum atomic E-state index is 15.2. The number of rotatable bonds is 18. The van der Waals surface area contributed by atoms with Gasteiger partial charge in [0.1, 0.15) is 23.3 Å². The molecule has 24 heteroatoms. The van der Waals surface area contributed by atoms with Crippen LogP contribution in [0.1, 0.15) is 167 Å². The van der Waals surface area contributed by atoms with Crippen LogP contribution in [0.15, 0.2) is 219 Å². The Morgan fingerprint density at radius 2 is 0.530 bits per heavy atom. The Labute approximate surface area is 783 Å². The molecule has 694 valence electrons. The van der Waals surface area contributed by atoms with Crippen molar-refractivity contribution in [1.82, 2.24) is 58.7 Å². The maximum Gasteiger partial charge on any atom is 0.239 e. The van der Waals surface area contributed by atoms with E-state index in [1.54, 1.807) is 72.7 Å². The number of aryl methyl sites for hydroxylation is 4. The van der Waals surface area contributed by atoms with Gasteiger partial charge in [0.2, 0.25) is 23.6 Å². The fourth-order valence-electron chi connectivity index (χ4n) is 24.3. The summed E-state index contributed by atoms with van der Waals surface area (Å²) in [6.45, 7) is 11.1. The molecular weight excluding hydrogens is 1690 g/mol. The molecule has 3 saturated carbocycles. The highest BCUT2D eigenvalue weighted by molar-refractivity contribution is 6.11. The predicted molar refractivity (Wildman–Crippen MR) is 517 cm³/mol. The maximum absolute atomic E-state index is 15.2. The number of amides is 4. The van der Waals surface area contributed by atoms with Crippen molar-refractivity contribution in [1.29, 1.82) is 0 Å². The van der Waals surface area contributed by atoms with Crippen molar-refractivity contribution in [3.05, 3.63) is 287 Å². The van der Waals surface area contributed by atoms with Gasteiger partial charge < -0.3 is 39.2 Å². The molecule has 12 heterocycles. The van der Waals surface area contributed by atoms with Crippen molar-refractivity contribution in [2.24, 2.45) is 45.9 Å². The van der Waals surface area contributed by atoms with Gasteiger partial charge in [-0.2, -0.15) is 20.4 Å². The van der Waals surface area contributed by atoms with E-state index in [0.29, 0.717) is 28.8 Å². The standard InChI is InChI=1S/3C29H33FN4O.C23H23FN4O/c3*1-32-18-24(16-31-32)22-11-12-23(26(30)15-22)19-34-27-10-6-5-9-25(27)29(28(34)35)13-14-33(20-29)17-21-7-3-2-4-8-21;1-26-10-9-23(15-26)19-5-3-4-6-21(19)28(22(23)29)14-17-8-7-16(11-20(17)24)18-12-25-27(2)13-18/h3*5-6,9-12,15-16,18,21H,2-4,7-8,13-14,17,19-20H2,1H3;3-8,11-13H,9-10,14-15H2,1-2H3. The van der Waals surface area contributed by atoms with Gasteiger partial charge in [-0.1, -0.05) is 179 Å². The van der Waals surface area contributed by atoms with Crippen LogP contribution in [0.5, 0.6) is 0 Å². The molecule has 8 aromatic carbocycles. The number of aromatic nitrogens is 8. The predicted octanol–water partition coefficient (Wildman–Crippen LogP) is 19.2. The lowest BCUT2D eigenvalue weighted by molar-refractivity contribution is -0.123. The van der Waals surface area contributed by atoms with E-state index in [4.69, 9.17) is 0 Å². The van der Waals surface area contributed by atoms with E-state index in [0.717, 1.165) is 198 Å². The van der Waals surface area contributed by atoms with Gasteiger partial charge in [0, 0.05) is 166 Å². The van der Waals surface area contributed by atoms with Crippen molar-refractivity contribution in [3.8, 4) is 44.5 Å². The smallest absolute Gasteiger partial charge is 0.239 e. The number of benzene rings is 8. The second kappa shape index (κ2) is 37.7. The molecule has 0 N–H and O–H groups in total. The third kappa shape index (κ3) is 17.5. The molecule has 7 fully saturated rings. The fraction of sp³-hybridized carbons (Fsp3) is 0.418. The number of carbonyl (C=O) groups excluding carboxylic acids is 4. The van der Waals surface area contributed by atoms with Crippen molar-refractivity contribution < 1.29 is 36.7 Å². The summed E-state index contributed by atoms with van der Waals surface area (Å²) < 4.78 is 67.4. The molecule has 23 rings (SSSR count). The highest BCUT2D eigenvalue weighted by Gasteiger charge is 2.59. The van der Waals surface area contributed by atoms with Gasteiger partial charge in [-0.25, -0.2) is 17.6 Å². The van der Waals surface area contributed by atoms with Crippen LogP contribution < -0.4 is 19.6 Å². The normalized spacial score (nSPS) is 22.6. The van der Waals surface area contributed by atoms with E-state index in [1.165, 1.54) is 102 Å². The van der Waals surface area contributed by atoms with Crippen LogP contribution in [-0.4, -0.2) is 161 Å². The van der Waals surface area contributed by atoms with E-state index < -0.39 is 21.7 Å². The van der Waals surface area contributed by atoms with Gasteiger partial charge in [0.05, 0.1) is 72.6 Å². The lowest BCUT2D eigenvalue weighted by Crippen LogP contribution is -2.43.